The molecule has 0 fully saturated rings. The molecule has 2 aromatic carbocycles. The van der Waals surface area contributed by atoms with Crippen molar-refractivity contribution in [2.75, 3.05) is 18.2 Å². The van der Waals surface area contributed by atoms with Gasteiger partial charge in [0.1, 0.15) is 11.5 Å². The molecule has 4 nitrogen and oxygen atoms in total. The Morgan fingerprint density at radius 1 is 1.10 bits per heavy atom. The van der Waals surface area contributed by atoms with Crippen LogP contribution in [-0.2, 0) is 6.54 Å². The Bertz CT molecular complexity index is 580. The summed E-state index contributed by atoms with van der Waals surface area (Å²) in [7, 11) is 1.66. The monoisotopic (exact) mass is 286 g/mol. The van der Waals surface area contributed by atoms with Crippen LogP contribution in [0, 0.1) is 0 Å². The summed E-state index contributed by atoms with van der Waals surface area (Å²) in [5.41, 5.74) is 8.72. The van der Waals surface area contributed by atoms with Gasteiger partial charge in [-0.05, 0) is 43.7 Å². The van der Waals surface area contributed by atoms with Gasteiger partial charge in [0.05, 0.1) is 18.9 Å². The van der Waals surface area contributed by atoms with E-state index in [0.717, 1.165) is 18.0 Å². The van der Waals surface area contributed by atoms with Crippen molar-refractivity contribution in [2.24, 2.45) is 0 Å². The highest BCUT2D eigenvalue weighted by atomic mass is 16.5. The molecule has 0 radical (unpaired) electrons. The summed E-state index contributed by atoms with van der Waals surface area (Å²) < 4.78 is 10.8. The number of nitrogens with two attached hydrogens (primary N) is 1. The van der Waals surface area contributed by atoms with Crippen LogP contribution >= 0.6 is 0 Å². The van der Waals surface area contributed by atoms with E-state index in [1.807, 2.05) is 56.3 Å². The van der Waals surface area contributed by atoms with E-state index in [0.29, 0.717) is 11.4 Å². The molecule has 112 valence electrons. The minimum atomic E-state index is 0.101. The summed E-state index contributed by atoms with van der Waals surface area (Å²) in [6, 6.07) is 13.7. The highest BCUT2D eigenvalue weighted by molar-refractivity contribution is 5.61. The van der Waals surface area contributed by atoms with Crippen molar-refractivity contribution in [1.29, 1.82) is 0 Å². The predicted octanol–water partition coefficient (Wildman–Crippen LogP) is 3.68. The first kappa shape index (κ1) is 15.0. The zero-order chi connectivity index (χ0) is 15.2. The molecular formula is C17H22N2O2. The second kappa shape index (κ2) is 6.88. The van der Waals surface area contributed by atoms with Gasteiger partial charge in [-0.25, -0.2) is 0 Å². The average Bonchev–Trinajstić information content (AvgIpc) is 2.48. The van der Waals surface area contributed by atoms with Crippen molar-refractivity contribution in [3.05, 3.63) is 48.0 Å². The first-order valence-electron chi connectivity index (χ1n) is 7.01. The zero-order valence-electron chi connectivity index (χ0n) is 12.7. The Balaban J connectivity index is 2.02. The molecule has 4 heteroatoms. The molecule has 0 unspecified atom stereocenters. The number of rotatable bonds is 6. The molecule has 0 aliphatic carbocycles. The third kappa shape index (κ3) is 4.31. The topological polar surface area (TPSA) is 56.5 Å². The summed E-state index contributed by atoms with van der Waals surface area (Å²) in [4.78, 5) is 0. The number of anilines is 2. The minimum absolute atomic E-state index is 0.101. The molecule has 0 saturated heterocycles. The molecule has 0 saturated carbocycles. The number of nitrogens with one attached hydrogen (secondary N) is 1. The maximum atomic E-state index is 5.91. The highest BCUT2D eigenvalue weighted by Gasteiger charge is 2.04. The van der Waals surface area contributed by atoms with Gasteiger partial charge >= 0.3 is 0 Å². The van der Waals surface area contributed by atoms with E-state index in [9.17, 15) is 0 Å². The van der Waals surface area contributed by atoms with E-state index >= 15 is 0 Å². The Kier molecular flexibility index (Phi) is 4.93. The SMILES string of the molecule is COc1ccc(CNc2ccc(N)c(OC(C)C)c2)cc1. The van der Waals surface area contributed by atoms with Crippen LogP contribution in [0.3, 0.4) is 0 Å². The fraction of sp³-hybridized carbons (Fsp3) is 0.294. The second-order valence-electron chi connectivity index (χ2n) is 5.12. The summed E-state index contributed by atoms with van der Waals surface area (Å²) >= 11 is 0. The van der Waals surface area contributed by atoms with Gasteiger partial charge in [0.2, 0.25) is 0 Å². The van der Waals surface area contributed by atoms with Crippen molar-refractivity contribution in [3.8, 4) is 11.5 Å². The number of benzene rings is 2. The van der Waals surface area contributed by atoms with Crippen molar-refractivity contribution in [1.82, 2.24) is 0 Å². The van der Waals surface area contributed by atoms with E-state index in [4.69, 9.17) is 15.2 Å². The normalized spacial score (nSPS) is 10.5. The van der Waals surface area contributed by atoms with Crippen LogP contribution in [0.25, 0.3) is 0 Å². The third-order valence-corrected chi connectivity index (χ3v) is 3.03. The summed E-state index contributed by atoms with van der Waals surface area (Å²) in [5.74, 6) is 1.57. The molecule has 0 aromatic heterocycles. The first-order valence-corrected chi connectivity index (χ1v) is 7.01. The van der Waals surface area contributed by atoms with Crippen molar-refractivity contribution in [3.63, 3.8) is 0 Å². The van der Waals surface area contributed by atoms with Crippen LogP contribution in [0.15, 0.2) is 42.5 Å². The number of hydrogen-bond donors (Lipinski definition) is 2. The van der Waals surface area contributed by atoms with Gasteiger partial charge in [0.25, 0.3) is 0 Å². The van der Waals surface area contributed by atoms with Crippen LogP contribution < -0.4 is 20.5 Å². The Hall–Kier alpha value is -2.36. The van der Waals surface area contributed by atoms with Gasteiger partial charge in [-0.1, -0.05) is 12.1 Å². The molecular weight excluding hydrogens is 264 g/mol. The summed E-state index contributed by atoms with van der Waals surface area (Å²) in [6.45, 7) is 4.70. The number of methoxy groups -OCH3 is 1. The highest BCUT2D eigenvalue weighted by Crippen LogP contribution is 2.26. The minimum Gasteiger partial charge on any atom is -0.497 e. The van der Waals surface area contributed by atoms with E-state index in [-0.39, 0.29) is 6.10 Å². The molecule has 0 atom stereocenters. The van der Waals surface area contributed by atoms with E-state index in [2.05, 4.69) is 5.32 Å². The molecule has 0 spiro atoms. The van der Waals surface area contributed by atoms with Crippen LogP contribution in [0.4, 0.5) is 11.4 Å². The quantitative estimate of drug-likeness (QED) is 0.795. The molecule has 21 heavy (non-hydrogen) atoms. The summed E-state index contributed by atoms with van der Waals surface area (Å²) in [5, 5.41) is 3.36. The van der Waals surface area contributed by atoms with Gasteiger partial charge < -0.3 is 20.5 Å². The summed E-state index contributed by atoms with van der Waals surface area (Å²) in [6.07, 6.45) is 0.101. The van der Waals surface area contributed by atoms with E-state index < -0.39 is 0 Å². The van der Waals surface area contributed by atoms with Gasteiger partial charge in [-0.2, -0.15) is 0 Å². The maximum Gasteiger partial charge on any atom is 0.144 e. The molecule has 2 rings (SSSR count). The number of hydrogen-bond acceptors (Lipinski definition) is 4. The number of ether oxygens (including phenoxy) is 2. The van der Waals surface area contributed by atoms with Crippen molar-refractivity contribution >= 4 is 11.4 Å². The zero-order valence-corrected chi connectivity index (χ0v) is 12.7. The molecule has 0 aliphatic heterocycles. The number of nitrogen functional groups attached to an aromatic ring is 1. The fourth-order valence-corrected chi connectivity index (χ4v) is 1.95. The molecule has 2 aromatic rings. The average molecular weight is 286 g/mol. The van der Waals surface area contributed by atoms with Gasteiger partial charge in [0.15, 0.2) is 0 Å². The fourth-order valence-electron chi connectivity index (χ4n) is 1.95. The third-order valence-electron chi connectivity index (χ3n) is 3.03. The van der Waals surface area contributed by atoms with Gasteiger partial charge in [-0.3, -0.25) is 0 Å². The largest absolute Gasteiger partial charge is 0.497 e. The standard InChI is InChI=1S/C17H22N2O2/c1-12(2)21-17-10-14(6-9-16(17)18)19-11-13-4-7-15(20-3)8-5-13/h4-10,12,19H,11,18H2,1-3H3. The first-order chi connectivity index (χ1) is 10.1. The van der Waals surface area contributed by atoms with Gasteiger partial charge in [0, 0.05) is 18.3 Å². The van der Waals surface area contributed by atoms with Crippen LogP contribution in [0.1, 0.15) is 19.4 Å². The van der Waals surface area contributed by atoms with E-state index in [1.54, 1.807) is 7.11 Å². The van der Waals surface area contributed by atoms with Crippen LogP contribution in [0.2, 0.25) is 0 Å². The second-order valence-corrected chi connectivity index (χ2v) is 5.12. The lowest BCUT2D eigenvalue weighted by atomic mass is 10.2. The molecule has 0 amide bonds. The Labute approximate surface area is 125 Å². The lowest BCUT2D eigenvalue weighted by Gasteiger charge is -2.14. The van der Waals surface area contributed by atoms with Crippen LogP contribution in [-0.4, -0.2) is 13.2 Å². The Morgan fingerprint density at radius 2 is 1.81 bits per heavy atom. The molecule has 0 heterocycles. The van der Waals surface area contributed by atoms with Crippen molar-refractivity contribution in [2.45, 2.75) is 26.5 Å². The lowest BCUT2D eigenvalue weighted by Crippen LogP contribution is -2.08. The Morgan fingerprint density at radius 3 is 2.43 bits per heavy atom. The molecule has 0 aliphatic rings. The lowest BCUT2D eigenvalue weighted by molar-refractivity contribution is 0.244. The molecule has 3 N–H and O–H groups in total. The van der Waals surface area contributed by atoms with Crippen LogP contribution in [0.5, 0.6) is 11.5 Å². The van der Waals surface area contributed by atoms with Crippen molar-refractivity contribution < 1.29 is 9.47 Å². The maximum absolute atomic E-state index is 5.91. The predicted molar refractivity (Wildman–Crippen MR) is 86.9 cm³/mol. The molecule has 0 bridgehead atoms. The smallest absolute Gasteiger partial charge is 0.144 e. The van der Waals surface area contributed by atoms with E-state index in [1.165, 1.54) is 5.56 Å². The van der Waals surface area contributed by atoms with Gasteiger partial charge in [-0.15, -0.1) is 0 Å².